The predicted octanol–water partition coefficient (Wildman–Crippen LogP) is 0.528. The number of benzene rings is 1. The van der Waals surface area contributed by atoms with Gasteiger partial charge in [0.2, 0.25) is 5.91 Å². The molecule has 0 spiro atoms. The normalized spacial score (nSPS) is 12.6. The van der Waals surface area contributed by atoms with E-state index in [1.54, 1.807) is 18.2 Å². The summed E-state index contributed by atoms with van der Waals surface area (Å²) in [6.07, 6.45) is 0.587. The van der Waals surface area contributed by atoms with Crippen molar-refractivity contribution >= 4 is 22.6 Å². The van der Waals surface area contributed by atoms with Gasteiger partial charge in [0, 0.05) is 5.69 Å². The lowest BCUT2D eigenvalue weighted by Crippen LogP contribution is -2.36. The molecule has 112 valence electrons. The Kier molecular flexibility index (Phi) is 4.23. The van der Waals surface area contributed by atoms with Gasteiger partial charge < -0.3 is 21.0 Å². The molecule has 0 aliphatic carbocycles. The first kappa shape index (κ1) is 15.0. The minimum Gasteiger partial charge on any atom is -0.325 e. The highest BCUT2D eigenvalue weighted by Crippen LogP contribution is 2.14. The smallest absolute Gasteiger partial charge is 0.314 e. The molecule has 0 aliphatic heterocycles. The Bertz CT molecular complexity index is 776. The van der Waals surface area contributed by atoms with Crippen LogP contribution in [-0.4, -0.2) is 21.9 Å². The fourth-order valence-corrected chi connectivity index (χ4v) is 2.04. The molecule has 7 nitrogen and oxygen atoms in total. The van der Waals surface area contributed by atoms with E-state index in [2.05, 4.69) is 15.3 Å². The highest BCUT2D eigenvalue weighted by atomic mass is 16.2. The number of rotatable bonds is 4. The number of aromatic amines is 2. The molecule has 1 aromatic heterocycles. The van der Waals surface area contributed by atoms with Gasteiger partial charge >= 0.3 is 11.1 Å². The number of anilines is 1. The standard InChI is InChI=1S/C14H18N4O3/c1-7(2)5-9(15)12(19)16-8-3-4-10-11(6-8)18-14(21)13(20)17-10/h3-4,6-7,9H,5,15H2,1-2H3,(H,16,19)(H,17,20)(H,18,21)/t9-/m1/s1. The summed E-state index contributed by atoms with van der Waals surface area (Å²) in [5.41, 5.74) is 5.80. The summed E-state index contributed by atoms with van der Waals surface area (Å²) < 4.78 is 0. The van der Waals surface area contributed by atoms with Crippen molar-refractivity contribution in [1.29, 1.82) is 0 Å². The van der Waals surface area contributed by atoms with Crippen LogP contribution < -0.4 is 22.2 Å². The van der Waals surface area contributed by atoms with Crippen LogP contribution in [0.4, 0.5) is 5.69 Å². The van der Waals surface area contributed by atoms with Crippen LogP contribution in [0.1, 0.15) is 20.3 Å². The third kappa shape index (κ3) is 3.57. The largest absolute Gasteiger partial charge is 0.325 e. The molecule has 0 radical (unpaired) electrons. The Morgan fingerprint density at radius 1 is 1.19 bits per heavy atom. The number of hydrogen-bond acceptors (Lipinski definition) is 4. The molecule has 0 saturated carbocycles. The number of hydrogen-bond donors (Lipinski definition) is 4. The Balaban J connectivity index is 2.23. The van der Waals surface area contributed by atoms with Gasteiger partial charge in [-0.3, -0.25) is 14.4 Å². The maximum atomic E-state index is 11.9. The van der Waals surface area contributed by atoms with Crippen molar-refractivity contribution in [2.24, 2.45) is 11.7 Å². The van der Waals surface area contributed by atoms with Crippen molar-refractivity contribution in [3.63, 3.8) is 0 Å². The fourth-order valence-electron chi connectivity index (χ4n) is 2.04. The Morgan fingerprint density at radius 2 is 1.81 bits per heavy atom. The number of nitrogens with one attached hydrogen (secondary N) is 3. The lowest BCUT2D eigenvalue weighted by Gasteiger charge is -2.14. The van der Waals surface area contributed by atoms with Crippen molar-refractivity contribution in [2.75, 3.05) is 5.32 Å². The third-order valence-corrected chi connectivity index (χ3v) is 3.05. The van der Waals surface area contributed by atoms with Crippen molar-refractivity contribution in [1.82, 2.24) is 9.97 Å². The van der Waals surface area contributed by atoms with Gasteiger partial charge in [-0.15, -0.1) is 0 Å². The zero-order chi connectivity index (χ0) is 15.6. The Morgan fingerprint density at radius 3 is 2.43 bits per heavy atom. The van der Waals surface area contributed by atoms with Gasteiger partial charge in [-0.2, -0.15) is 0 Å². The van der Waals surface area contributed by atoms with E-state index < -0.39 is 17.2 Å². The first-order chi connectivity index (χ1) is 9.86. The van der Waals surface area contributed by atoms with E-state index in [-0.39, 0.29) is 5.91 Å². The second kappa shape index (κ2) is 5.92. The molecule has 1 atom stereocenters. The number of fused-ring (bicyclic) bond motifs is 1. The molecule has 0 fully saturated rings. The zero-order valence-electron chi connectivity index (χ0n) is 11.9. The van der Waals surface area contributed by atoms with Gasteiger partial charge in [0.05, 0.1) is 17.1 Å². The van der Waals surface area contributed by atoms with Gasteiger partial charge in [-0.1, -0.05) is 13.8 Å². The van der Waals surface area contributed by atoms with Crippen LogP contribution in [0.25, 0.3) is 11.0 Å². The Labute approximate surface area is 120 Å². The second-order valence-corrected chi connectivity index (χ2v) is 5.39. The van der Waals surface area contributed by atoms with Crippen molar-refractivity contribution in [2.45, 2.75) is 26.3 Å². The number of H-pyrrole nitrogens is 2. The maximum Gasteiger partial charge on any atom is 0.314 e. The van der Waals surface area contributed by atoms with Crippen LogP contribution in [-0.2, 0) is 4.79 Å². The van der Waals surface area contributed by atoms with Crippen LogP contribution in [0.5, 0.6) is 0 Å². The summed E-state index contributed by atoms with van der Waals surface area (Å²) in [6.45, 7) is 3.98. The molecule has 7 heteroatoms. The van der Waals surface area contributed by atoms with Gasteiger partial charge in [-0.25, -0.2) is 0 Å². The quantitative estimate of drug-likeness (QED) is 0.614. The van der Waals surface area contributed by atoms with Crippen molar-refractivity contribution in [3.05, 3.63) is 38.9 Å². The maximum absolute atomic E-state index is 11.9. The molecule has 0 aliphatic rings. The molecule has 1 amide bonds. The average molecular weight is 290 g/mol. The van der Waals surface area contributed by atoms with Crippen LogP contribution >= 0.6 is 0 Å². The predicted molar refractivity (Wildman–Crippen MR) is 81.2 cm³/mol. The van der Waals surface area contributed by atoms with Gasteiger partial charge in [0.1, 0.15) is 0 Å². The molecule has 2 rings (SSSR count). The molecule has 0 saturated heterocycles. The lowest BCUT2D eigenvalue weighted by atomic mass is 10.0. The lowest BCUT2D eigenvalue weighted by molar-refractivity contribution is -0.117. The SMILES string of the molecule is CC(C)C[C@@H](N)C(=O)Nc1ccc2[nH]c(=O)c(=O)[nH]c2c1. The van der Waals surface area contributed by atoms with Crippen molar-refractivity contribution < 1.29 is 4.79 Å². The molecule has 5 N–H and O–H groups in total. The highest BCUT2D eigenvalue weighted by molar-refractivity contribution is 5.96. The first-order valence-electron chi connectivity index (χ1n) is 6.69. The molecule has 21 heavy (non-hydrogen) atoms. The summed E-state index contributed by atoms with van der Waals surface area (Å²) in [4.78, 5) is 39.3. The number of carbonyl (C=O) groups is 1. The molecule has 1 heterocycles. The van der Waals surface area contributed by atoms with Gasteiger partial charge in [-0.05, 0) is 30.5 Å². The van der Waals surface area contributed by atoms with E-state index in [9.17, 15) is 14.4 Å². The van der Waals surface area contributed by atoms with Crippen molar-refractivity contribution in [3.8, 4) is 0 Å². The first-order valence-corrected chi connectivity index (χ1v) is 6.69. The third-order valence-electron chi connectivity index (χ3n) is 3.05. The minimum atomic E-state index is -0.734. The van der Waals surface area contributed by atoms with Gasteiger partial charge in [0.25, 0.3) is 0 Å². The monoisotopic (exact) mass is 290 g/mol. The summed E-state index contributed by atoms with van der Waals surface area (Å²) in [6, 6.07) is 4.23. The number of carbonyl (C=O) groups excluding carboxylic acids is 1. The molecule has 2 aromatic rings. The summed E-state index contributed by atoms with van der Waals surface area (Å²) in [5, 5.41) is 2.70. The minimum absolute atomic E-state index is 0.283. The second-order valence-electron chi connectivity index (χ2n) is 5.39. The highest BCUT2D eigenvalue weighted by Gasteiger charge is 2.15. The summed E-state index contributed by atoms with van der Waals surface area (Å²) >= 11 is 0. The van der Waals surface area contributed by atoms with Gasteiger partial charge in [0.15, 0.2) is 0 Å². The van der Waals surface area contributed by atoms with E-state index in [4.69, 9.17) is 5.73 Å². The average Bonchev–Trinajstić information content (AvgIpc) is 2.39. The summed E-state index contributed by atoms with van der Waals surface area (Å²) in [7, 11) is 0. The summed E-state index contributed by atoms with van der Waals surface area (Å²) in [5.74, 6) is 0.0404. The van der Waals surface area contributed by atoms with E-state index in [0.717, 1.165) is 0 Å². The van der Waals surface area contributed by atoms with Crippen LogP contribution in [0.2, 0.25) is 0 Å². The van der Waals surface area contributed by atoms with E-state index in [1.807, 2.05) is 13.8 Å². The molecule has 0 unspecified atom stereocenters. The van der Waals surface area contributed by atoms with Crippen LogP contribution in [0, 0.1) is 5.92 Å². The molecule has 1 aromatic carbocycles. The molecular formula is C14H18N4O3. The molecular weight excluding hydrogens is 272 g/mol. The van der Waals surface area contributed by atoms with Crippen LogP contribution in [0.15, 0.2) is 27.8 Å². The van der Waals surface area contributed by atoms with E-state index >= 15 is 0 Å². The number of nitrogens with two attached hydrogens (primary N) is 1. The van der Waals surface area contributed by atoms with E-state index in [0.29, 0.717) is 29.1 Å². The zero-order valence-corrected chi connectivity index (χ0v) is 11.9. The number of aromatic nitrogens is 2. The number of amides is 1. The van der Waals surface area contributed by atoms with Crippen LogP contribution in [0.3, 0.4) is 0 Å². The van der Waals surface area contributed by atoms with E-state index in [1.165, 1.54) is 0 Å². The topological polar surface area (TPSA) is 121 Å². The Hall–Kier alpha value is -2.41. The fraction of sp³-hybridized carbons (Fsp3) is 0.357. The molecule has 0 bridgehead atoms.